The molecule has 1 aliphatic heterocycles. The van der Waals surface area contributed by atoms with E-state index in [0.29, 0.717) is 18.8 Å². The number of rotatable bonds is 2. The first-order chi connectivity index (χ1) is 8.06. The number of morpholine rings is 1. The minimum absolute atomic E-state index is 0.0516. The molecule has 0 aliphatic carbocycles. The van der Waals surface area contributed by atoms with Crippen molar-refractivity contribution in [3.05, 3.63) is 12.4 Å². The molecule has 2 rings (SSSR count). The Morgan fingerprint density at radius 2 is 2.41 bits per heavy atom. The van der Waals surface area contributed by atoms with Crippen LogP contribution >= 0.6 is 0 Å². The number of aromatic nitrogens is 2. The maximum absolute atomic E-state index is 12.1. The molecule has 1 fully saturated rings. The fourth-order valence-corrected chi connectivity index (χ4v) is 1.95. The van der Waals surface area contributed by atoms with Gasteiger partial charge in [-0.25, -0.2) is 0 Å². The lowest BCUT2D eigenvalue weighted by Gasteiger charge is -2.36. The zero-order valence-corrected chi connectivity index (χ0v) is 10.2. The second-order valence-electron chi connectivity index (χ2n) is 4.51. The van der Waals surface area contributed by atoms with Crippen molar-refractivity contribution < 1.29 is 9.53 Å². The molecule has 0 saturated carbocycles. The maximum Gasteiger partial charge on any atom is 0.244 e. The average Bonchev–Trinajstić information content (AvgIpc) is 2.67. The summed E-state index contributed by atoms with van der Waals surface area (Å²) in [6.07, 6.45) is 3.29. The molecule has 0 bridgehead atoms. The number of nitrogens with zero attached hydrogens (tertiary/aromatic N) is 3. The summed E-state index contributed by atoms with van der Waals surface area (Å²) in [6.45, 7) is 5.42. The Labute approximate surface area is 100 Å². The lowest BCUT2D eigenvalue weighted by atomic mass is 10.2. The number of carbonyl (C=O) groups excluding carboxylic acids is 1. The average molecular weight is 238 g/mol. The summed E-state index contributed by atoms with van der Waals surface area (Å²) in [6, 6.07) is 0.117. The standard InChI is InChI=1S/C11H18N4O2/c1-8-7-17-9(2)4-15(8)11(16)6-14-5-10(12)3-13-14/h3,5,8-9H,4,6-7,12H2,1-2H3. The summed E-state index contributed by atoms with van der Waals surface area (Å²) in [4.78, 5) is 13.9. The van der Waals surface area contributed by atoms with Gasteiger partial charge in [-0.1, -0.05) is 0 Å². The van der Waals surface area contributed by atoms with Crippen LogP contribution in [0.4, 0.5) is 5.69 Å². The van der Waals surface area contributed by atoms with E-state index in [2.05, 4.69) is 5.10 Å². The molecule has 0 spiro atoms. The van der Waals surface area contributed by atoms with Crippen LogP contribution in [0.15, 0.2) is 12.4 Å². The number of anilines is 1. The summed E-state index contributed by atoms with van der Waals surface area (Å²) >= 11 is 0. The Morgan fingerprint density at radius 3 is 3.06 bits per heavy atom. The molecule has 6 heteroatoms. The minimum Gasteiger partial charge on any atom is -0.396 e. The van der Waals surface area contributed by atoms with Crippen molar-refractivity contribution in [2.45, 2.75) is 32.5 Å². The third-order valence-electron chi connectivity index (χ3n) is 2.88. The predicted octanol–water partition coefficient (Wildman–Crippen LogP) is 0.101. The van der Waals surface area contributed by atoms with E-state index in [1.165, 1.54) is 0 Å². The molecule has 2 unspecified atom stereocenters. The molecule has 2 atom stereocenters. The molecule has 1 aliphatic rings. The largest absolute Gasteiger partial charge is 0.396 e. The Hall–Kier alpha value is -1.56. The van der Waals surface area contributed by atoms with Gasteiger partial charge in [0, 0.05) is 12.7 Å². The molecular formula is C11H18N4O2. The van der Waals surface area contributed by atoms with Crippen molar-refractivity contribution in [1.82, 2.24) is 14.7 Å². The summed E-state index contributed by atoms with van der Waals surface area (Å²) in [5, 5.41) is 4.01. The van der Waals surface area contributed by atoms with Crippen LogP contribution in [0.25, 0.3) is 0 Å². The third kappa shape index (κ3) is 2.76. The van der Waals surface area contributed by atoms with E-state index in [9.17, 15) is 4.79 Å². The van der Waals surface area contributed by atoms with Crippen LogP contribution in [0.1, 0.15) is 13.8 Å². The molecule has 1 aromatic rings. The molecular weight excluding hydrogens is 220 g/mol. The quantitative estimate of drug-likeness (QED) is 0.793. The van der Waals surface area contributed by atoms with Crippen LogP contribution in [-0.4, -0.2) is 45.9 Å². The molecule has 0 radical (unpaired) electrons. The smallest absolute Gasteiger partial charge is 0.244 e. The molecule has 94 valence electrons. The molecule has 1 amide bonds. The molecule has 1 aromatic heterocycles. The number of ether oxygens (including phenoxy) is 1. The minimum atomic E-state index is 0.0516. The summed E-state index contributed by atoms with van der Waals surface area (Å²) in [7, 11) is 0. The second-order valence-corrected chi connectivity index (χ2v) is 4.51. The van der Waals surface area contributed by atoms with E-state index in [-0.39, 0.29) is 24.6 Å². The first kappa shape index (κ1) is 11.9. The maximum atomic E-state index is 12.1. The van der Waals surface area contributed by atoms with Gasteiger partial charge in [0.1, 0.15) is 6.54 Å². The normalized spacial score (nSPS) is 24.9. The van der Waals surface area contributed by atoms with Crippen LogP contribution in [0.2, 0.25) is 0 Å². The van der Waals surface area contributed by atoms with Crippen molar-refractivity contribution in [1.29, 1.82) is 0 Å². The Kier molecular flexibility index (Phi) is 3.33. The Morgan fingerprint density at radius 1 is 1.65 bits per heavy atom. The molecule has 0 aromatic carbocycles. The van der Waals surface area contributed by atoms with Gasteiger partial charge in [-0.3, -0.25) is 9.48 Å². The van der Waals surface area contributed by atoms with Gasteiger partial charge in [0.25, 0.3) is 0 Å². The zero-order chi connectivity index (χ0) is 12.4. The van der Waals surface area contributed by atoms with E-state index in [1.54, 1.807) is 17.1 Å². The fourth-order valence-electron chi connectivity index (χ4n) is 1.95. The number of hydrogen-bond acceptors (Lipinski definition) is 4. The number of carbonyl (C=O) groups is 1. The summed E-state index contributed by atoms with van der Waals surface area (Å²) in [5.74, 6) is 0.0516. The molecule has 2 N–H and O–H groups in total. The summed E-state index contributed by atoms with van der Waals surface area (Å²) in [5.41, 5.74) is 6.12. The monoisotopic (exact) mass is 238 g/mol. The molecule has 6 nitrogen and oxygen atoms in total. The van der Waals surface area contributed by atoms with Crippen LogP contribution < -0.4 is 5.73 Å². The zero-order valence-electron chi connectivity index (χ0n) is 10.2. The van der Waals surface area contributed by atoms with E-state index >= 15 is 0 Å². The lowest BCUT2D eigenvalue weighted by Crippen LogP contribution is -2.51. The van der Waals surface area contributed by atoms with Crippen LogP contribution in [0.5, 0.6) is 0 Å². The predicted molar refractivity (Wildman–Crippen MR) is 63.2 cm³/mol. The van der Waals surface area contributed by atoms with E-state index in [0.717, 1.165) is 0 Å². The highest BCUT2D eigenvalue weighted by molar-refractivity contribution is 5.76. The lowest BCUT2D eigenvalue weighted by molar-refractivity contribution is -0.144. The molecule has 2 heterocycles. The van der Waals surface area contributed by atoms with Gasteiger partial charge >= 0.3 is 0 Å². The summed E-state index contributed by atoms with van der Waals surface area (Å²) < 4.78 is 7.05. The Bertz CT molecular complexity index is 404. The van der Waals surface area contributed by atoms with Crippen LogP contribution in [-0.2, 0) is 16.1 Å². The van der Waals surface area contributed by atoms with Crippen molar-refractivity contribution in [2.75, 3.05) is 18.9 Å². The highest BCUT2D eigenvalue weighted by atomic mass is 16.5. The van der Waals surface area contributed by atoms with Crippen LogP contribution in [0, 0.1) is 0 Å². The van der Waals surface area contributed by atoms with Crippen molar-refractivity contribution in [3.8, 4) is 0 Å². The number of hydrogen-bond donors (Lipinski definition) is 1. The second kappa shape index (κ2) is 4.75. The van der Waals surface area contributed by atoms with E-state index in [1.807, 2.05) is 18.7 Å². The van der Waals surface area contributed by atoms with Crippen molar-refractivity contribution in [2.24, 2.45) is 0 Å². The third-order valence-corrected chi connectivity index (χ3v) is 2.88. The molecule has 17 heavy (non-hydrogen) atoms. The van der Waals surface area contributed by atoms with E-state index < -0.39 is 0 Å². The van der Waals surface area contributed by atoms with Crippen LogP contribution in [0.3, 0.4) is 0 Å². The van der Waals surface area contributed by atoms with Gasteiger partial charge in [0.15, 0.2) is 0 Å². The fraction of sp³-hybridized carbons (Fsp3) is 0.636. The van der Waals surface area contributed by atoms with Crippen molar-refractivity contribution >= 4 is 11.6 Å². The number of nitrogens with two attached hydrogens (primary N) is 1. The van der Waals surface area contributed by atoms with Gasteiger partial charge in [0.2, 0.25) is 5.91 Å². The Balaban J connectivity index is 1.99. The van der Waals surface area contributed by atoms with Gasteiger partial charge in [-0.05, 0) is 13.8 Å². The van der Waals surface area contributed by atoms with Crippen molar-refractivity contribution in [3.63, 3.8) is 0 Å². The van der Waals surface area contributed by atoms with Gasteiger partial charge < -0.3 is 15.4 Å². The highest BCUT2D eigenvalue weighted by Crippen LogP contribution is 2.12. The topological polar surface area (TPSA) is 73.4 Å². The number of nitrogen functional groups attached to an aromatic ring is 1. The van der Waals surface area contributed by atoms with Gasteiger partial charge in [0.05, 0.1) is 30.6 Å². The first-order valence-corrected chi connectivity index (χ1v) is 5.75. The first-order valence-electron chi connectivity index (χ1n) is 5.75. The van der Waals surface area contributed by atoms with Gasteiger partial charge in [-0.15, -0.1) is 0 Å². The number of amides is 1. The van der Waals surface area contributed by atoms with Gasteiger partial charge in [-0.2, -0.15) is 5.10 Å². The van der Waals surface area contributed by atoms with E-state index in [4.69, 9.17) is 10.5 Å². The SMILES string of the molecule is CC1CN(C(=O)Cn2cc(N)cn2)C(C)CO1. The molecule has 1 saturated heterocycles. The highest BCUT2D eigenvalue weighted by Gasteiger charge is 2.27.